The van der Waals surface area contributed by atoms with Crippen molar-refractivity contribution in [1.82, 2.24) is 4.90 Å². The third-order valence-corrected chi connectivity index (χ3v) is 3.72. The van der Waals surface area contributed by atoms with Crippen molar-refractivity contribution in [2.75, 3.05) is 19.6 Å². The molecule has 1 aromatic carbocycles. The molecule has 1 aromatic rings. The molecule has 1 heteroatoms. The Morgan fingerprint density at radius 2 is 1.32 bits per heavy atom. The van der Waals surface area contributed by atoms with Crippen molar-refractivity contribution in [2.45, 2.75) is 58.8 Å². The zero-order valence-corrected chi connectivity index (χ0v) is 12.9. The summed E-state index contributed by atoms with van der Waals surface area (Å²) in [5.41, 5.74) is 1.47. The second-order valence-electron chi connectivity index (χ2n) is 5.49. The monoisotopic (exact) mass is 261 g/mol. The first-order valence-electron chi connectivity index (χ1n) is 8.13. The van der Waals surface area contributed by atoms with Crippen LogP contribution in [0.2, 0.25) is 0 Å². The average Bonchev–Trinajstić information content (AvgIpc) is 2.45. The molecule has 0 aliphatic heterocycles. The molecular formula is C18H31N. The fourth-order valence-corrected chi connectivity index (χ4v) is 2.44. The number of unbranched alkanes of at least 4 members (excludes halogenated alkanes) is 4. The maximum atomic E-state index is 2.66. The largest absolute Gasteiger partial charge is 0.303 e. The zero-order valence-electron chi connectivity index (χ0n) is 12.9. The lowest BCUT2D eigenvalue weighted by atomic mass is 10.1. The minimum atomic E-state index is 1.19. The molecule has 0 unspecified atom stereocenters. The predicted molar refractivity (Wildman–Crippen MR) is 85.6 cm³/mol. The molecule has 1 nitrogen and oxygen atoms in total. The molecule has 0 saturated heterocycles. The first kappa shape index (κ1) is 16.2. The molecule has 0 N–H and O–H groups in total. The van der Waals surface area contributed by atoms with Crippen molar-refractivity contribution in [1.29, 1.82) is 0 Å². The molecule has 0 aliphatic carbocycles. The van der Waals surface area contributed by atoms with Crippen LogP contribution in [-0.2, 0) is 6.42 Å². The Kier molecular flexibility index (Phi) is 9.44. The van der Waals surface area contributed by atoms with E-state index in [1.165, 1.54) is 70.1 Å². The molecule has 0 radical (unpaired) electrons. The molecule has 0 atom stereocenters. The molecule has 108 valence electrons. The lowest BCUT2D eigenvalue weighted by molar-refractivity contribution is 0.265. The van der Waals surface area contributed by atoms with Crippen molar-refractivity contribution >= 4 is 0 Å². The second-order valence-corrected chi connectivity index (χ2v) is 5.49. The number of hydrogen-bond acceptors (Lipinski definition) is 1. The highest BCUT2D eigenvalue weighted by Crippen LogP contribution is 2.06. The fourth-order valence-electron chi connectivity index (χ4n) is 2.44. The normalized spacial score (nSPS) is 11.1. The quantitative estimate of drug-likeness (QED) is 0.511. The molecule has 0 aromatic heterocycles. The molecular weight excluding hydrogens is 230 g/mol. The Morgan fingerprint density at radius 3 is 1.84 bits per heavy atom. The topological polar surface area (TPSA) is 3.24 Å². The molecule has 0 heterocycles. The van der Waals surface area contributed by atoms with Gasteiger partial charge >= 0.3 is 0 Å². The highest BCUT2D eigenvalue weighted by atomic mass is 15.1. The van der Waals surface area contributed by atoms with E-state index in [0.29, 0.717) is 0 Å². The first-order valence-corrected chi connectivity index (χ1v) is 8.13. The number of rotatable bonds is 11. The van der Waals surface area contributed by atoms with Gasteiger partial charge in [0.2, 0.25) is 0 Å². The van der Waals surface area contributed by atoms with Crippen LogP contribution in [0.1, 0.15) is 57.9 Å². The molecule has 0 saturated carbocycles. The van der Waals surface area contributed by atoms with Crippen molar-refractivity contribution in [3.8, 4) is 0 Å². The third-order valence-electron chi connectivity index (χ3n) is 3.72. The molecule has 19 heavy (non-hydrogen) atoms. The summed E-state index contributed by atoms with van der Waals surface area (Å²) in [4.78, 5) is 2.66. The molecule has 0 aliphatic rings. The second kappa shape index (κ2) is 11.0. The van der Waals surface area contributed by atoms with Gasteiger partial charge in [-0.15, -0.1) is 0 Å². The summed E-state index contributed by atoms with van der Waals surface area (Å²) in [7, 11) is 0. The number of hydrogen-bond donors (Lipinski definition) is 0. The summed E-state index contributed by atoms with van der Waals surface area (Å²) in [6.07, 6.45) is 9.29. The molecule has 1 rings (SSSR count). The van der Waals surface area contributed by atoms with E-state index < -0.39 is 0 Å². The highest BCUT2D eigenvalue weighted by Gasteiger charge is 2.04. The van der Waals surface area contributed by atoms with E-state index in [0.717, 1.165) is 0 Å². The van der Waals surface area contributed by atoms with E-state index in [1.807, 2.05) is 0 Å². The lowest BCUT2D eigenvalue weighted by Crippen LogP contribution is -2.28. The maximum Gasteiger partial charge on any atom is 0.00218 e. The summed E-state index contributed by atoms with van der Waals surface area (Å²) < 4.78 is 0. The van der Waals surface area contributed by atoms with Crippen LogP contribution in [0.5, 0.6) is 0 Å². The summed E-state index contributed by atoms with van der Waals surface area (Å²) >= 11 is 0. The van der Waals surface area contributed by atoms with Crippen LogP contribution >= 0.6 is 0 Å². The van der Waals surface area contributed by atoms with Gasteiger partial charge in [-0.3, -0.25) is 0 Å². The van der Waals surface area contributed by atoms with Crippen molar-refractivity contribution < 1.29 is 0 Å². The predicted octanol–water partition coefficient (Wildman–Crippen LogP) is 4.91. The smallest absolute Gasteiger partial charge is 0.00218 e. The van der Waals surface area contributed by atoms with Crippen molar-refractivity contribution in [2.24, 2.45) is 0 Å². The molecule has 0 bridgehead atoms. The Labute approximate surface area is 120 Å². The van der Waals surface area contributed by atoms with Gasteiger partial charge in [0.05, 0.1) is 0 Å². The van der Waals surface area contributed by atoms with Crippen LogP contribution in [0.15, 0.2) is 30.3 Å². The van der Waals surface area contributed by atoms with E-state index in [1.54, 1.807) is 0 Å². The summed E-state index contributed by atoms with van der Waals surface area (Å²) in [6.45, 7) is 8.35. The van der Waals surface area contributed by atoms with Crippen molar-refractivity contribution in [3.05, 3.63) is 35.9 Å². The summed E-state index contributed by atoms with van der Waals surface area (Å²) in [6, 6.07) is 10.9. The number of benzene rings is 1. The van der Waals surface area contributed by atoms with Gasteiger partial charge in [-0.1, -0.05) is 69.9 Å². The first-order chi connectivity index (χ1) is 9.36. The third kappa shape index (κ3) is 8.05. The van der Waals surface area contributed by atoms with E-state index >= 15 is 0 Å². The highest BCUT2D eigenvalue weighted by molar-refractivity contribution is 5.14. The number of nitrogens with zero attached hydrogens (tertiary/aromatic N) is 1. The van der Waals surface area contributed by atoms with E-state index in [9.17, 15) is 0 Å². The van der Waals surface area contributed by atoms with Crippen LogP contribution in [0.4, 0.5) is 0 Å². The van der Waals surface area contributed by atoms with Gasteiger partial charge in [-0.2, -0.15) is 0 Å². The fraction of sp³-hybridized carbons (Fsp3) is 0.667. The van der Waals surface area contributed by atoms with Gasteiger partial charge in [0.25, 0.3) is 0 Å². The minimum absolute atomic E-state index is 1.19. The van der Waals surface area contributed by atoms with Crippen LogP contribution in [-0.4, -0.2) is 24.5 Å². The van der Waals surface area contributed by atoms with Crippen LogP contribution in [0, 0.1) is 0 Å². The summed E-state index contributed by atoms with van der Waals surface area (Å²) in [5, 5.41) is 0. The zero-order chi connectivity index (χ0) is 13.8. The Balaban J connectivity index is 2.30. The molecule has 0 amide bonds. The Hall–Kier alpha value is -0.820. The van der Waals surface area contributed by atoms with Gasteiger partial charge in [0, 0.05) is 6.54 Å². The van der Waals surface area contributed by atoms with Gasteiger partial charge in [0.1, 0.15) is 0 Å². The van der Waals surface area contributed by atoms with Gasteiger partial charge in [0.15, 0.2) is 0 Å². The van der Waals surface area contributed by atoms with Gasteiger partial charge in [-0.05, 0) is 37.9 Å². The lowest BCUT2D eigenvalue weighted by Gasteiger charge is -2.22. The van der Waals surface area contributed by atoms with Gasteiger partial charge < -0.3 is 4.90 Å². The average molecular weight is 261 g/mol. The van der Waals surface area contributed by atoms with E-state index in [2.05, 4.69) is 49.1 Å². The minimum Gasteiger partial charge on any atom is -0.303 e. The van der Waals surface area contributed by atoms with Gasteiger partial charge in [-0.25, -0.2) is 0 Å². The SMILES string of the molecule is CCCCCN(CCCCC)CCc1ccccc1. The Morgan fingerprint density at radius 1 is 0.737 bits per heavy atom. The van der Waals surface area contributed by atoms with Crippen molar-refractivity contribution in [3.63, 3.8) is 0 Å². The Bertz CT molecular complexity index is 284. The van der Waals surface area contributed by atoms with Crippen LogP contribution < -0.4 is 0 Å². The summed E-state index contributed by atoms with van der Waals surface area (Å²) in [5.74, 6) is 0. The van der Waals surface area contributed by atoms with E-state index in [-0.39, 0.29) is 0 Å². The molecule has 0 spiro atoms. The maximum absolute atomic E-state index is 2.66. The molecule has 0 fully saturated rings. The van der Waals surface area contributed by atoms with E-state index in [4.69, 9.17) is 0 Å². The van der Waals surface area contributed by atoms with Crippen LogP contribution in [0.25, 0.3) is 0 Å². The van der Waals surface area contributed by atoms with Crippen LogP contribution in [0.3, 0.4) is 0 Å². The standard InChI is InChI=1S/C18H31N/c1-3-5-10-15-19(16-11-6-4-2)17-14-18-12-8-7-9-13-18/h7-9,12-13H,3-6,10-11,14-17H2,1-2H3.